The zero-order valence-electron chi connectivity index (χ0n) is 10.5. The number of benzene rings is 1. The van der Waals surface area contributed by atoms with E-state index in [1.807, 2.05) is 18.2 Å². The van der Waals surface area contributed by atoms with Crippen molar-refractivity contribution in [3.05, 3.63) is 35.9 Å². The molecule has 1 amide bonds. The third-order valence-electron chi connectivity index (χ3n) is 3.53. The Kier molecular flexibility index (Phi) is 4.73. The average Bonchev–Trinajstić information content (AvgIpc) is 2.87. The number of rotatable bonds is 5. The number of aryl methyl sites for hydroxylation is 1. The summed E-state index contributed by atoms with van der Waals surface area (Å²) < 4.78 is 0. The summed E-state index contributed by atoms with van der Waals surface area (Å²) in [4.78, 5) is 13.6. The molecule has 0 radical (unpaired) electrons. The van der Waals surface area contributed by atoms with Gasteiger partial charge in [-0.3, -0.25) is 14.9 Å². The van der Waals surface area contributed by atoms with Crippen LogP contribution in [0.5, 0.6) is 0 Å². The highest BCUT2D eigenvalue weighted by Crippen LogP contribution is 2.18. The fourth-order valence-electron chi connectivity index (χ4n) is 2.60. The molecule has 1 saturated heterocycles. The van der Waals surface area contributed by atoms with Crippen LogP contribution in [-0.2, 0) is 11.2 Å². The fourth-order valence-corrected chi connectivity index (χ4v) is 2.60. The highest BCUT2D eigenvalue weighted by atomic mass is 16.5. The van der Waals surface area contributed by atoms with Crippen molar-refractivity contribution >= 4 is 5.91 Å². The Balaban J connectivity index is 1.78. The predicted molar refractivity (Wildman–Crippen MR) is 69.3 cm³/mol. The molecule has 2 rings (SSSR count). The van der Waals surface area contributed by atoms with E-state index in [1.54, 1.807) is 5.48 Å². The van der Waals surface area contributed by atoms with E-state index in [1.165, 1.54) is 5.56 Å². The summed E-state index contributed by atoms with van der Waals surface area (Å²) in [6.07, 6.45) is 3.95. The van der Waals surface area contributed by atoms with Gasteiger partial charge in [-0.15, -0.1) is 0 Å². The fraction of sp³-hybridized carbons (Fsp3) is 0.500. The molecule has 0 bridgehead atoms. The number of hydrogen-bond acceptors (Lipinski definition) is 3. The zero-order valence-corrected chi connectivity index (χ0v) is 10.5. The summed E-state index contributed by atoms with van der Waals surface area (Å²) in [7, 11) is 0. The lowest BCUT2D eigenvalue weighted by Crippen LogP contribution is -2.42. The summed E-state index contributed by atoms with van der Waals surface area (Å²) in [5, 5.41) is 8.69. The summed E-state index contributed by atoms with van der Waals surface area (Å²) >= 11 is 0. The molecular formula is C14H20N2O2. The van der Waals surface area contributed by atoms with Crippen molar-refractivity contribution in [2.45, 2.75) is 31.7 Å². The second-order valence-electron chi connectivity index (χ2n) is 4.76. The highest BCUT2D eigenvalue weighted by molar-refractivity contribution is 5.80. The van der Waals surface area contributed by atoms with Crippen molar-refractivity contribution in [3.63, 3.8) is 0 Å². The maximum Gasteiger partial charge on any atom is 0.260 e. The van der Waals surface area contributed by atoms with Gasteiger partial charge in [-0.2, -0.15) is 0 Å². The molecule has 1 unspecified atom stereocenters. The Bertz CT molecular complexity index is 381. The Labute approximate surface area is 108 Å². The number of nitrogens with zero attached hydrogens (tertiary/aromatic N) is 1. The number of amides is 1. The molecule has 4 heteroatoms. The van der Waals surface area contributed by atoms with E-state index in [0.717, 1.165) is 38.8 Å². The van der Waals surface area contributed by atoms with Gasteiger partial charge in [0, 0.05) is 0 Å². The van der Waals surface area contributed by atoms with Gasteiger partial charge in [0.05, 0.1) is 6.04 Å². The number of carbonyl (C=O) groups excluding carboxylic acids is 1. The lowest BCUT2D eigenvalue weighted by molar-refractivity contribution is -0.133. The van der Waals surface area contributed by atoms with Crippen LogP contribution < -0.4 is 5.48 Å². The van der Waals surface area contributed by atoms with Gasteiger partial charge in [-0.1, -0.05) is 30.3 Å². The molecule has 1 heterocycles. The van der Waals surface area contributed by atoms with Crippen molar-refractivity contribution in [1.29, 1.82) is 0 Å². The second kappa shape index (κ2) is 6.52. The number of carbonyl (C=O) groups is 1. The van der Waals surface area contributed by atoms with E-state index in [9.17, 15) is 4.79 Å². The smallest absolute Gasteiger partial charge is 0.260 e. The number of hydrogen-bond donors (Lipinski definition) is 2. The molecule has 1 aromatic carbocycles. The first-order valence-corrected chi connectivity index (χ1v) is 6.53. The normalized spacial score (nSPS) is 19.9. The first-order valence-electron chi connectivity index (χ1n) is 6.53. The molecular weight excluding hydrogens is 228 g/mol. The van der Waals surface area contributed by atoms with Gasteiger partial charge in [-0.05, 0) is 44.3 Å². The van der Waals surface area contributed by atoms with Crippen molar-refractivity contribution in [1.82, 2.24) is 10.4 Å². The minimum Gasteiger partial charge on any atom is -0.292 e. The van der Waals surface area contributed by atoms with Gasteiger partial charge in [0.1, 0.15) is 0 Å². The van der Waals surface area contributed by atoms with E-state index in [4.69, 9.17) is 5.21 Å². The Morgan fingerprint density at radius 3 is 2.89 bits per heavy atom. The van der Waals surface area contributed by atoms with Crippen LogP contribution in [0.2, 0.25) is 0 Å². The van der Waals surface area contributed by atoms with Crippen LogP contribution in [0.3, 0.4) is 0 Å². The third-order valence-corrected chi connectivity index (χ3v) is 3.53. The van der Waals surface area contributed by atoms with Crippen molar-refractivity contribution in [2.24, 2.45) is 0 Å². The monoisotopic (exact) mass is 248 g/mol. The van der Waals surface area contributed by atoms with Crippen LogP contribution in [0.15, 0.2) is 30.3 Å². The molecule has 0 saturated carbocycles. The standard InChI is InChI=1S/C14H20N2O2/c17-14(15-18)13-9-5-11-16(13)10-4-8-12-6-2-1-3-7-12/h1-3,6-7,13,18H,4-5,8-11H2,(H,15,17). The van der Waals surface area contributed by atoms with E-state index in [-0.39, 0.29) is 11.9 Å². The van der Waals surface area contributed by atoms with Gasteiger partial charge >= 0.3 is 0 Å². The quantitative estimate of drug-likeness (QED) is 0.614. The number of hydroxylamine groups is 1. The summed E-state index contributed by atoms with van der Waals surface area (Å²) in [6, 6.07) is 10.2. The van der Waals surface area contributed by atoms with Gasteiger partial charge in [0.15, 0.2) is 0 Å². The molecule has 18 heavy (non-hydrogen) atoms. The molecule has 1 aliphatic rings. The van der Waals surface area contributed by atoms with Crippen LogP contribution in [0.4, 0.5) is 0 Å². The van der Waals surface area contributed by atoms with E-state index < -0.39 is 0 Å². The van der Waals surface area contributed by atoms with E-state index in [0.29, 0.717) is 0 Å². The highest BCUT2D eigenvalue weighted by Gasteiger charge is 2.29. The molecule has 0 aliphatic carbocycles. The van der Waals surface area contributed by atoms with Gasteiger partial charge in [0.25, 0.3) is 5.91 Å². The predicted octanol–water partition coefficient (Wildman–Crippen LogP) is 1.59. The lowest BCUT2D eigenvalue weighted by atomic mass is 10.1. The van der Waals surface area contributed by atoms with Crippen molar-refractivity contribution in [3.8, 4) is 0 Å². The third kappa shape index (κ3) is 3.31. The molecule has 98 valence electrons. The topological polar surface area (TPSA) is 52.6 Å². The van der Waals surface area contributed by atoms with Crippen molar-refractivity contribution < 1.29 is 10.0 Å². The van der Waals surface area contributed by atoms with Crippen LogP contribution in [0.25, 0.3) is 0 Å². The first-order chi connectivity index (χ1) is 8.81. The lowest BCUT2D eigenvalue weighted by Gasteiger charge is -2.22. The van der Waals surface area contributed by atoms with Crippen LogP contribution >= 0.6 is 0 Å². The maximum atomic E-state index is 11.5. The summed E-state index contributed by atoms with van der Waals surface area (Å²) in [5.41, 5.74) is 3.10. The Hall–Kier alpha value is -1.39. The maximum absolute atomic E-state index is 11.5. The largest absolute Gasteiger partial charge is 0.292 e. The molecule has 2 N–H and O–H groups in total. The average molecular weight is 248 g/mol. The van der Waals surface area contributed by atoms with Crippen LogP contribution in [0, 0.1) is 0 Å². The van der Waals surface area contributed by atoms with Crippen LogP contribution in [-0.4, -0.2) is 35.1 Å². The Morgan fingerprint density at radius 2 is 2.17 bits per heavy atom. The molecule has 1 aliphatic heterocycles. The second-order valence-corrected chi connectivity index (χ2v) is 4.76. The van der Waals surface area contributed by atoms with Crippen molar-refractivity contribution in [2.75, 3.05) is 13.1 Å². The minimum atomic E-state index is -0.271. The zero-order chi connectivity index (χ0) is 12.8. The number of nitrogens with one attached hydrogen (secondary N) is 1. The molecule has 1 aromatic rings. The number of likely N-dealkylation sites (tertiary alicyclic amines) is 1. The molecule has 0 aromatic heterocycles. The minimum absolute atomic E-state index is 0.147. The molecule has 1 fully saturated rings. The summed E-state index contributed by atoms with van der Waals surface area (Å²) in [6.45, 7) is 1.86. The molecule has 0 spiro atoms. The van der Waals surface area contributed by atoms with Crippen LogP contribution in [0.1, 0.15) is 24.8 Å². The summed E-state index contributed by atoms with van der Waals surface area (Å²) in [5.74, 6) is -0.271. The first kappa shape index (κ1) is 13.1. The van der Waals surface area contributed by atoms with Gasteiger partial charge < -0.3 is 0 Å². The van der Waals surface area contributed by atoms with Gasteiger partial charge in [-0.25, -0.2) is 5.48 Å². The van der Waals surface area contributed by atoms with E-state index >= 15 is 0 Å². The molecule has 1 atom stereocenters. The van der Waals surface area contributed by atoms with Gasteiger partial charge in [0.2, 0.25) is 0 Å². The van der Waals surface area contributed by atoms with E-state index in [2.05, 4.69) is 17.0 Å². The molecule has 4 nitrogen and oxygen atoms in total. The Morgan fingerprint density at radius 1 is 1.39 bits per heavy atom. The SMILES string of the molecule is O=C(NO)C1CCCN1CCCc1ccccc1.